The van der Waals surface area contributed by atoms with Gasteiger partial charge in [0.2, 0.25) is 0 Å². The van der Waals surface area contributed by atoms with Crippen LogP contribution in [0.2, 0.25) is 0 Å². The van der Waals surface area contributed by atoms with E-state index in [-0.39, 0.29) is 0 Å². The van der Waals surface area contributed by atoms with Crippen molar-refractivity contribution in [2.24, 2.45) is 0 Å². The van der Waals surface area contributed by atoms with Gasteiger partial charge >= 0.3 is 0 Å². The van der Waals surface area contributed by atoms with Crippen molar-refractivity contribution in [3.8, 4) is 5.75 Å². The molecular weight excluding hydrogens is 248 g/mol. The second-order valence-electron chi connectivity index (χ2n) is 4.27. The zero-order valence-electron chi connectivity index (χ0n) is 10.1. The molecule has 1 aliphatic rings. The number of aliphatic hydroxyl groups is 1. The minimum atomic E-state index is -0.687. The van der Waals surface area contributed by atoms with Crippen molar-refractivity contribution in [2.45, 2.75) is 25.9 Å². The van der Waals surface area contributed by atoms with E-state index in [1.807, 2.05) is 25.1 Å². The van der Waals surface area contributed by atoms with Crippen LogP contribution in [0.15, 0.2) is 18.2 Å². The molecule has 1 aliphatic heterocycles. The number of aryl methyl sites for hydroxylation is 1. The van der Waals surface area contributed by atoms with Crippen LogP contribution < -0.4 is 4.74 Å². The largest absolute Gasteiger partial charge is 0.493 e. The lowest BCUT2D eigenvalue weighted by molar-refractivity contribution is 0.216. The van der Waals surface area contributed by atoms with E-state index in [1.54, 1.807) is 0 Å². The molecule has 1 atom stereocenters. The van der Waals surface area contributed by atoms with E-state index in [2.05, 4.69) is 9.59 Å². The van der Waals surface area contributed by atoms with Gasteiger partial charge in [0.15, 0.2) is 0 Å². The van der Waals surface area contributed by atoms with Crippen LogP contribution >= 0.6 is 11.5 Å². The number of benzene rings is 1. The third-order valence-electron chi connectivity index (χ3n) is 3.21. The summed E-state index contributed by atoms with van der Waals surface area (Å²) in [6, 6.07) is 5.92. The fourth-order valence-corrected chi connectivity index (χ4v) is 3.01. The van der Waals surface area contributed by atoms with Gasteiger partial charge < -0.3 is 9.84 Å². The average molecular weight is 262 g/mol. The van der Waals surface area contributed by atoms with Crippen molar-refractivity contribution in [3.05, 3.63) is 39.9 Å². The Balaban J connectivity index is 2.03. The minimum Gasteiger partial charge on any atom is -0.493 e. The van der Waals surface area contributed by atoms with Gasteiger partial charge in [0.25, 0.3) is 0 Å². The number of hydrogen-bond donors (Lipinski definition) is 1. The fourth-order valence-electron chi connectivity index (χ4n) is 2.27. The smallest absolute Gasteiger partial charge is 0.128 e. The maximum atomic E-state index is 10.5. The topological polar surface area (TPSA) is 55.2 Å². The number of aromatic nitrogens is 2. The lowest BCUT2D eigenvalue weighted by Gasteiger charge is -2.13. The standard InChI is InChI=1S/C13H14N2O2S/c1-2-10-13(18-15-14-10)11(16)9-5-3-4-8-6-7-17-12(8)9/h3-5,11,16H,2,6-7H2,1H3. The number of aliphatic hydroxyl groups excluding tert-OH is 1. The number of para-hydroxylation sites is 1. The molecular formula is C13H14N2O2S. The highest BCUT2D eigenvalue weighted by atomic mass is 32.1. The highest BCUT2D eigenvalue weighted by molar-refractivity contribution is 7.05. The molecule has 1 unspecified atom stereocenters. The minimum absolute atomic E-state index is 0.687. The van der Waals surface area contributed by atoms with Gasteiger partial charge in [0.05, 0.1) is 17.2 Å². The summed E-state index contributed by atoms with van der Waals surface area (Å²) in [6.07, 6.45) is 1.00. The van der Waals surface area contributed by atoms with Crippen LogP contribution in [0.5, 0.6) is 5.75 Å². The molecule has 94 valence electrons. The molecule has 2 aromatic rings. The summed E-state index contributed by atoms with van der Waals surface area (Å²) >= 11 is 1.26. The van der Waals surface area contributed by atoms with Crippen molar-refractivity contribution in [1.29, 1.82) is 0 Å². The molecule has 0 bridgehead atoms. The van der Waals surface area contributed by atoms with Crippen molar-refractivity contribution < 1.29 is 9.84 Å². The van der Waals surface area contributed by atoms with Crippen molar-refractivity contribution >= 4 is 11.5 Å². The molecule has 0 saturated heterocycles. The number of hydrogen-bond acceptors (Lipinski definition) is 5. The van der Waals surface area contributed by atoms with Crippen molar-refractivity contribution in [1.82, 2.24) is 9.59 Å². The summed E-state index contributed by atoms with van der Waals surface area (Å²) in [5.74, 6) is 0.834. The third kappa shape index (κ3) is 1.79. The Hall–Kier alpha value is -1.46. The molecule has 2 heterocycles. The number of nitrogens with zero attached hydrogens (tertiary/aromatic N) is 2. The van der Waals surface area contributed by atoms with E-state index >= 15 is 0 Å². The molecule has 0 amide bonds. The molecule has 0 aliphatic carbocycles. The normalized spacial score (nSPS) is 15.2. The number of rotatable bonds is 3. The summed E-state index contributed by atoms with van der Waals surface area (Å²) < 4.78 is 9.55. The molecule has 0 spiro atoms. The van der Waals surface area contributed by atoms with E-state index in [4.69, 9.17) is 4.74 Å². The van der Waals surface area contributed by atoms with Crippen LogP contribution in [-0.2, 0) is 12.8 Å². The van der Waals surface area contributed by atoms with Crippen molar-refractivity contribution in [2.75, 3.05) is 6.61 Å². The zero-order valence-corrected chi connectivity index (χ0v) is 10.9. The molecule has 4 nitrogen and oxygen atoms in total. The fraction of sp³-hybridized carbons (Fsp3) is 0.385. The lowest BCUT2D eigenvalue weighted by atomic mass is 10.0. The Morgan fingerprint density at radius 3 is 3.22 bits per heavy atom. The Kier molecular flexibility index (Phi) is 3.01. The summed E-state index contributed by atoms with van der Waals surface area (Å²) in [5.41, 5.74) is 2.86. The highest BCUT2D eigenvalue weighted by Gasteiger charge is 2.24. The first-order valence-electron chi connectivity index (χ1n) is 6.05. The molecule has 1 aromatic heterocycles. The highest BCUT2D eigenvalue weighted by Crippen LogP contribution is 2.37. The summed E-state index contributed by atoms with van der Waals surface area (Å²) in [4.78, 5) is 0.821. The first kappa shape index (κ1) is 11.6. The molecule has 18 heavy (non-hydrogen) atoms. The van der Waals surface area contributed by atoms with Crippen LogP contribution in [0.3, 0.4) is 0 Å². The molecule has 0 radical (unpaired) electrons. The van der Waals surface area contributed by atoms with Crippen LogP contribution in [0.1, 0.15) is 34.7 Å². The molecule has 1 aromatic carbocycles. The van der Waals surface area contributed by atoms with Crippen LogP contribution in [0.4, 0.5) is 0 Å². The Labute approximate surface area is 109 Å². The molecule has 0 fully saturated rings. The average Bonchev–Trinajstić information content (AvgIpc) is 3.05. The predicted molar refractivity (Wildman–Crippen MR) is 69.0 cm³/mol. The van der Waals surface area contributed by atoms with Gasteiger partial charge in [-0.3, -0.25) is 0 Å². The predicted octanol–water partition coefficient (Wildman–Crippen LogP) is 2.12. The Morgan fingerprint density at radius 2 is 2.39 bits per heavy atom. The zero-order chi connectivity index (χ0) is 12.5. The van der Waals surface area contributed by atoms with Gasteiger partial charge in [-0.15, -0.1) is 5.10 Å². The Bertz CT molecular complexity index is 568. The van der Waals surface area contributed by atoms with Gasteiger partial charge in [0.1, 0.15) is 11.9 Å². The van der Waals surface area contributed by atoms with E-state index in [0.717, 1.165) is 34.7 Å². The maximum absolute atomic E-state index is 10.5. The summed E-state index contributed by atoms with van der Waals surface area (Å²) in [5, 5.41) is 14.5. The molecule has 0 saturated carbocycles. The number of ether oxygens (including phenoxy) is 1. The van der Waals surface area contributed by atoms with Crippen LogP contribution in [0, 0.1) is 0 Å². The maximum Gasteiger partial charge on any atom is 0.128 e. The summed E-state index contributed by atoms with van der Waals surface area (Å²) in [6.45, 7) is 2.71. The van der Waals surface area contributed by atoms with Gasteiger partial charge in [0, 0.05) is 12.0 Å². The van der Waals surface area contributed by atoms with Crippen LogP contribution in [0.25, 0.3) is 0 Å². The van der Waals surface area contributed by atoms with Crippen LogP contribution in [-0.4, -0.2) is 21.3 Å². The first-order chi connectivity index (χ1) is 8.81. The summed E-state index contributed by atoms with van der Waals surface area (Å²) in [7, 11) is 0. The first-order valence-corrected chi connectivity index (χ1v) is 6.82. The number of fused-ring (bicyclic) bond motifs is 1. The van der Waals surface area contributed by atoms with Crippen molar-refractivity contribution in [3.63, 3.8) is 0 Å². The SMILES string of the molecule is CCc1nnsc1C(O)c1cccc2c1OCC2. The molecule has 3 rings (SSSR count). The van der Waals surface area contributed by atoms with Gasteiger partial charge in [-0.05, 0) is 23.5 Å². The molecule has 1 N–H and O–H groups in total. The van der Waals surface area contributed by atoms with E-state index in [1.165, 1.54) is 17.1 Å². The quantitative estimate of drug-likeness (QED) is 0.920. The molecule has 5 heteroatoms. The second kappa shape index (κ2) is 4.66. The van der Waals surface area contributed by atoms with Gasteiger partial charge in [-0.1, -0.05) is 29.6 Å². The third-order valence-corrected chi connectivity index (χ3v) is 4.03. The lowest BCUT2D eigenvalue weighted by Crippen LogP contribution is -2.03. The second-order valence-corrected chi connectivity index (χ2v) is 5.06. The van der Waals surface area contributed by atoms with E-state index in [9.17, 15) is 5.11 Å². The van der Waals surface area contributed by atoms with E-state index in [0.29, 0.717) is 6.61 Å². The monoisotopic (exact) mass is 262 g/mol. The van der Waals surface area contributed by atoms with Gasteiger partial charge in [-0.2, -0.15) is 0 Å². The van der Waals surface area contributed by atoms with E-state index < -0.39 is 6.10 Å². The Morgan fingerprint density at radius 1 is 1.50 bits per heavy atom. The van der Waals surface area contributed by atoms with Gasteiger partial charge in [-0.25, -0.2) is 0 Å².